The van der Waals surface area contributed by atoms with E-state index < -0.39 is 10.0 Å². The lowest BCUT2D eigenvalue weighted by molar-refractivity contribution is 0.102. The molecule has 2 aliphatic carbocycles. The van der Waals surface area contributed by atoms with Crippen molar-refractivity contribution in [1.29, 1.82) is 0 Å². The van der Waals surface area contributed by atoms with Gasteiger partial charge in [-0.05, 0) is 72.5 Å². The number of carbonyl (C=O) groups excluding carboxylic acids is 1. The van der Waals surface area contributed by atoms with Crippen LogP contribution in [0.3, 0.4) is 0 Å². The van der Waals surface area contributed by atoms with Crippen molar-refractivity contribution in [3.8, 4) is 0 Å². The Labute approximate surface area is 195 Å². The quantitative estimate of drug-likeness (QED) is 0.523. The van der Waals surface area contributed by atoms with Gasteiger partial charge >= 0.3 is 0 Å². The van der Waals surface area contributed by atoms with Gasteiger partial charge in [-0.25, -0.2) is 8.42 Å². The van der Waals surface area contributed by atoms with E-state index >= 15 is 0 Å². The van der Waals surface area contributed by atoms with Crippen molar-refractivity contribution in [2.24, 2.45) is 0 Å². The first-order valence-corrected chi connectivity index (χ1v) is 13.4. The van der Waals surface area contributed by atoms with E-state index in [4.69, 9.17) is 0 Å². The topological polar surface area (TPSA) is 66.5 Å². The number of sulfonamides is 1. The van der Waals surface area contributed by atoms with Crippen LogP contribution in [0.2, 0.25) is 0 Å². The molecule has 1 fully saturated rings. The molecule has 0 unspecified atom stereocenters. The second-order valence-electron chi connectivity index (χ2n) is 9.09. The minimum Gasteiger partial charge on any atom is -0.321 e. The van der Waals surface area contributed by atoms with Gasteiger partial charge in [-0.15, -0.1) is 0 Å². The summed E-state index contributed by atoms with van der Waals surface area (Å²) in [5, 5.41) is 5.33. The largest absolute Gasteiger partial charge is 0.321 e. The number of nitrogens with one attached hydrogen (secondary N) is 1. The molecule has 172 valence electrons. The van der Waals surface area contributed by atoms with Crippen molar-refractivity contribution in [3.63, 3.8) is 0 Å². The highest BCUT2D eigenvalue weighted by atomic mass is 32.2. The van der Waals surface area contributed by atoms with Gasteiger partial charge in [0.15, 0.2) is 0 Å². The third-order valence-corrected chi connectivity index (χ3v) is 9.18. The number of carbonyl (C=O) groups is 1. The Bertz CT molecular complexity index is 1280. The number of hydrogen-bond acceptors (Lipinski definition) is 3. The Morgan fingerprint density at radius 3 is 2.33 bits per heavy atom. The van der Waals surface area contributed by atoms with E-state index in [9.17, 15) is 13.2 Å². The average molecular weight is 463 g/mol. The molecule has 0 aliphatic heterocycles. The zero-order valence-electron chi connectivity index (χ0n) is 19.0. The van der Waals surface area contributed by atoms with E-state index in [2.05, 4.69) is 17.4 Å². The molecule has 1 amide bonds. The molecule has 0 heterocycles. The number of hydrogen-bond donors (Lipinski definition) is 1. The molecule has 0 bridgehead atoms. The molecule has 5 nitrogen and oxygen atoms in total. The van der Waals surface area contributed by atoms with Gasteiger partial charge in [-0.3, -0.25) is 4.79 Å². The standard InChI is InChI=1S/C27H30N2O3S/c1-2-29(22-8-4-3-5-9-22)33(31,32)23-16-13-21(14-17-23)27(30)28-25-18-15-20-12-11-19-7-6-10-24(25)26(19)20/h6-7,10,13-18,22H,2-5,8-9,11-12H2,1H3,(H,28,30). The number of amides is 1. The summed E-state index contributed by atoms with van der Waals surface area (Å²) in [5.74, 6) is -0.239. The summed E-state index contributed by atoms with van der Waals surface area (Å²) >= 11 is 0. The van der Waals surface area contributed by atoms with Crippen molar-refractivity contribution in [3.05, 3.63) is 71.3 Å². The van der Waals surface area contributed by atoms with Gasteiger partial charge in [-0.2, -0.15) is 4.31 Å². The van der Waals surface area contributed by atoms with Crippen LogP contribution in [0.15, 0.2) is 59.5 Å². The lowest BCUT2D eigenvalue weighted by atomic mass is 9.95. The van der Waals surface area contributed by atoms with Crippen molar-refractivity contribution in [2.75, 3.05) is 11.9 Å². The molecule has 2 aliphatic rings. The maximum Gasteiger partial charge on any atom is 0.255 e. The number of aryl methyl sites for hydroxylation is 2. The van der Waals surface area contributed by atoms with Crippen LogP contribution in [-0.4, -0.2) is 31.2 Å². The second-order valence-corrected chi connectivity index (χ2v) is 11.0. The number of nitrogens with zero attached hydrogens (tertiary/aromatic N) is 1. The van der Waals surface area contributed by atoms with Crippen LogP contribution in [0.25, 0.3) is 10.8 Å². The summed E-state index contributed by atoms with van der Waals surface area (Å²) in [7, 11) is -3.58. The van der Waals surface area contributed by atoms with E-state index in [0.29, 0.717) is 12.1 Å². The molecule has 6 heteroatoms. The second kappa shape index (κ2) is 8.92. The predicted octanol–water partition coefficient (Wildman–Crippen LogP) is 5.53. The minimum atomic E-state index is -3.58. The molecule has 5 rings (SSSR count). The van der Waals surface area contributed by atoms with Crippen LogP contribution in [0.4, 0.5) is 5.69 Å². The number of benzene rings is 3. The zero-order valence-corrected chi connectivity index (χ0v) is 19.8. The Kier molecular flexibility index (Phi) is 5.97. The Hall–Kier alpha value is -2.70. The van der Waals surface area contributed by atoms with Gasteiger partial charge in [-0.1, -0.05) is 50.5 Å². The molecule has 0 spiro atoms. The SMILES string of the molecule is CCN(C1CCCCC1)S(=O)(=O)c1ccc(C(=O)Nc2ccc3c4c(cccc24)CC3)cc1. The monoisotopic (exact) mass is 462 g/mol. The molecular formula is C27H30N2O3S. The highest BCUT2D eigenvalue weighted by molar-refractivity contribution is 7.89. The van der Waals surface area contributed by atoms with Crippen molar-refractivity contribution < 1.29 is 13.2 Å². The summed E-state index contributed by atoms with van der Waals surface area (Å²) in [5.41, 5.74) is 3.88. The highest BCUT2D eigenvalue weighted by Crippen LogP contribution is 2.35. The van der Waals surface area contributed by atoms with Crippen molar-refractivity contribution >= 4 is 32.4 Å². The Morgan fingerprint density at radius 2 is 1.64 bits per heavy atom. The lowest BCUT2D eigenvalue weighted by Crippen LogP contribution is -2.41. The molecular weight excluding hydrogens is 432 g/mol. The lowest BCUT2D eigenvalue weighted by Gasteiger charge is -2.32. The highest BCUT2D eigenvalue weighted by Gasteiger charge is 2.31. The summed E-state index contributed by atoms with van der Waals surface area (Å²) in [6.07, 6.45) is 7.24. The smallest absolute Gasteiger partial charge is 0.255 e. The molecule has 0 radical (unpaired) electrons. The van der Waals surface area contributed by atoms with Gasteiger partial charge in [0.1, 0.15) is 0 Å². The van der Waals surface area contributed by atoms with Gasteiger partial charge in [0.05, 0.1) is 4.90 Å². The third-order valence-electron chi connectivity index (χ3n) is 7.14. The first kappa shape index (κ1) is 22.1. The first-order chi connectivity index (χ1) is 16.0. The summed E-state index contributed by atoms with van der Waals surface area (Å²) in [4.78, 5) is 13.2. The molecule has 3 aromatic rings. The normalized spacial score (nSPS) is 16.4. The van der Waals surface area contributed by atoms with E-state index in [1.807, 2.05) is 25.1 Å². The van der Waals surface area contributed by atoms with E-state index in [0.717, 1.165) is 49.6 Å². The summed E-state index contributed by atoms with van der Waals surface area (Å²) < 4.78 is 28.2. The predicted molar refractivity (Wildman–Crippen MR) is 132 cm³/mol. The average Bonchev–Trinajstić information content (AvgIpc) is 3.26. The van der Waals surface area contributed by atoms with Gasteiger partial charge in [0.2, 0.25) is 10.0 Å². The van der Waals surface area contributed by atoms with Crippen LogP contribution in [0.5, 0.6) is 0 Å². The fourth-order valence-electron chi connectivity index (χ4n) is 5.46. The van der Waals surface area contributed by atoms with E-state index in [1.165, 1.54) is 22.9 Å². The fourth-order valence-corrected chi connectivity index (χ4v) is 7.15. The fraction of sp³-hybridized carbons (Fsp3) is 0.370. The van der Waals surface area contributed by atoms with E-state index in [-0.39, 0.29) is 16.8 Å². The first-order valence-electron chi connectivity index (χ1n) is 12.0. The van der Waals surface area contributed by atoms with Crippen molar-refractivity contribution in [1.82, 2.24) is 4.31 Å². The van der Waals surface area contributed by atoms with Crippen LogP contribution < -0.4 is 5.32 Å². The number of anilines is 1. The molecule has 0 saturated heterocycles. The molecule has 1 saturated carbocycles. The van der Waals surface area contributed by atoms with Crippen LogP contribution >= 0.6 is 0 Å². The zero-order chi connectivity index (χ0) is 23.0. The Balaban J connectivity index is 1.37. The van der Waals surface area contributed by atoms with Gasteiger partial charge in [0.25, 0.3) is 5.91 Å². The molecule has 0 aromatic heterocycles. The van der Waals surface area contributed by atoms with Gasteiger partial charge < -0.3 is 5.32 Å². The van der Waals surface area contributed by atoms with Crippen molar-refractivity contribution in [2.45, 2.75) is 62.8 Å². The number of rotatable bonds is 6. The van der Waals surface area contributed by atoms with Crippen LogP contribution in [0, 0.1) is 0 Å². The van der Waals surface area contributed by atoms with Gasteiger partial charge in [0, 0.05) is 29.2 Å². The maximum absolute atomic E-state index is 13.3. The maximum atomic E-state index is 13.3. The summed E-state index contributed by atoms with van der Waals surface area (Å²) in [6.45, 7) is 2.35. The van der Waals surface area contributed by atoms with Crippen LogP contribution in [0.1, 0.15) is 60.5 Å². The molecule has 1 N–H and O–H groups in total. The van der Waals surface area contributed by atoms with E-state index in [1.54, 1.807) is 28.6 Å². The Morgan fingerprint density at radius 1 is 0.939 bits per heavy atom. The minimum absolute atomic E-state index is 0.0699. The molecule has 33 heavy (non-hydrogen) atoms. The third kappa shape index (κ3) is 4.06. The molecule has 0 atom stereocenters. The molecule has 3 aromatic carbocycles. The van der Waals surface area contributed by atoms with Crippen LogP contribution in [-0.2, 0) is 22.9 Å². The summed E-state index contributed by atoms with van der Waals surface area (Å²) in [6, 6.07) is 16.7.